The van der Waals surface area contributed by atoms with Gasteiger partial charge in [-0.2, -0.15) is 0 Å². The summed E-state index contributed by atoms with van der Waals surface area (Å²) in [7, 11) is 0. The van der Waals surface area contributed by atoms with E-state index in [-0.39, 0.29) is 5.41 Å². The maximum Gasteiger partial charge on any atom is 0.241 e. The van der Waals surface area contributed by atoms with Crippen molar-refractivity contribution in [1.82, 2.24) is 0 Å². The Morgan fingerprint density at radius 2 is 1.44 bits per heavy atom. The molecule has 0 rings (SSSR count). The molecule has 0 radical (unpaired) electrons. The Labute approximate surface area is 55.3 Å². The molecule has 9 heavy (non-hydrogen) atoms. The van der Waals surface area contributed by atoms with E-state index in [0.717, 1.165) is 0 Å². The Morgan fingerprint density at radius 1 is 1.11 bits per heavy atom. The topological polar surface area (TPSA) is 0 Å². The van der Waals surface area contributed by atoms with Crippen molar-refractivity contribution in [2.24, 2.45) is 11.3 Å². The summed E-state index contributed by atoms with van der Waals surface area (Å²) in [6.45, 7) is 7.04. The number of alkyl halides is 2. The molecule has 0 aliphatic heterocycles. The van der Waals surface area contributed by atoms with Crippen LogP contribution in [0.4, 0.5) is 8.78 Å². The fraction of sp³-hybridized carbons (Fsp3) is 1.00. The van der Waals surface area contributed by atoms with Gasteiger partial charge in [-0.15, -0.1) is 0 Å². The van der Waals surface area contributed by atoms with E-state index in [1.165, 1.54) is 0 Å². The van der Waals surface area contributed by atoms with Crippen molar-refractivity contribution in [2.45, 2.75) is 34.1 Å². The van der Waals surface area contributed by atoms with Crippen molar-refractivity contribution in [3.8, 4) is 0 Å². The lowest BCUT2D eigenvalue weighted by Gasteiger charge is -2.25. The maximum atomic E-state index is 11.9. The lowest BCUT2D eigenvalue weighted by molar-refractivity contribution is 0.0274. The van der Waals surface area contributed by atoms with E-state index in [1.807, 2.05) is 20.8 Å². The van der Waals surface area contributed by atoms with Gasteiger partial charge in [-0.1, -0.05) is 27.7 Å². The van der Waals surface area contributed by atoms with E-state index in [1.54, 1.807) is 6.92 Å². The van der Waals surface area contributed by atoms with Crippen LogP contribution in [0, 0.1) is 11.3 Å². The molecule has 0 aromatic carbocycles. The quantitative estimate of drug-likeness (QED) is 0.520. The van der Waals surface area contributed by atoms with Gasteiger partial charge in [0.1, 0.15) is 0 Å². The molecule has 56 valence electrons. The molecule has 0 aliphatic rings. The molecule has 0 unspecified atom stereocenters. The normalized spacial score (nSPS) is 16.3. The van der Waals surface area contributed by atoms with Crippen LogP contribution in [0.2, 0.25) is 0 Å². The van der Waals surface area contributed by atoms with Gasteiger partial charge in [0.05, 0.1) is 0 Å². The fourth-order valence-electron chi connectivity index (χ4n) is 0.378. The Morgan fingerprint density at radius 3 is 1.44 bits per heavy atom. The van der Waals surface area contributed by atoms with Crippen LogP contribution in [0.5, 0.6) is 0 Å². The van der Waals surface area contributed by atoms with Gasteiger partial charge >= 0.3 is 0 Å². The van der Waals surface area contributed by atoms with Crippen LogP contribution < -0.4 is 0 Å². The fourth-order valence-corrected chi connectivity index (χ4v) is 0.378. The van der Waals surface area contributed by atoms with Crippen LogP contribution in [-0.4, -0.2) is 6.43 Å². The first kappa shape index (κ1) is 8.86. The molecule has 0 spiro atoms. The first-order valence-electron chi connectivity index (χ1n) is 3.14. The number of halogens is 2. The van der Waals surface area contributed by atoms with Crippen molar-refractivity contribution in [1.29, 1.82) is 0 Å². The minimum absolute atomic E-state index is 0.270. The van der Waals surface area contributed by atoms with Gasteiger partial charge in [0.2, 0.25) is 6.43 Å². The molecule has 0 aromatic rings. The van der Waals surface area contributed by atoms with Gasteiger partial charge in [-0.05, 0) is 5.41 Å². The monoisotopic (exact) mass is 136 g/mol. The highest BCUT2D eigenvalue weighted by Crippen LogP contribution is 2.29. The smallest absolute Gasteiger partial charge is 0.210 e. The molecule has 1 atom stereocenters. The van der Waals surface area contributed by atoms with Gasteiger partial charge in [0.25, 0.3) is 0 Å². The van der Waals surface area contributed by atoms with Gasteiger partial charge in [-0.3, -0.25) is 0 Å². The van der Waals surface area contributed by atoms with Crippen LogP contribution >= 0.6 is 0 Å². The SMILES string of the molecule is C[C@H](C(F)F)C(C)(C)C. The summed E-state index contributed by atoms with van der Waals surface area (Å²) < 4.78 is 23.8. The average molecular weight is 136 g/mol. The van der Waals surface area contributed by atoms with Crippen molar-refractivity contribution in [3.63, 3.8) is 0 Å². The molecule has 2 heteroatoms. The van der Waals surface area contributed by atoms with Crippen LogP contribution in [0.3, 0.4) is 0 Å². The molecule has 0 aromatic heterocycles. The van der Waals surface area contributed by atoms with Gasteiger partial charge in [-0.25, -0.2) is 8.78 Å². The minimum atomic E-state index is -2.19. The third-order valence-electron chi connectivity index (χ3n) is 1.74. The minimum Gasteiger partial charge on any atom is -0.210 e. The van der Waals surface area contributed by atoms with Crippen molar-refractivity contribution in [3.05, 3.63) is 0 Å². The lowest BCUT2D eigenvalue weighted by atomic mass is 9.82. The molecule has 0 nitrogen and oxygen atoms in total. The summed E-state index contributed by atoms with van der Waals surface area (Å²) in [5.74, 6) is -0.516. The van der Waals surface area contributed by atoms with E-state index in [4.69, 9.17) is 0 Å². The third kappa shape index (κ3) is 2.78. The molecule has 0 aliphatic carbocycles. The second-order valence-corrected chi connectivity index (χ2v) is 3.49. The Balaban J connectivity index is 3.88. The van der Waals surface area contributed by atoms with Crippen molar-refractivity contribution < 1.29 is 8.78 Å². The van der Waals surface area contributed by atoms with Gasteiger partial charge < -0.3 is 0 Å². The summed E-state index contributed by atoms with van der Waals surface area (Å²) in [6, 6.07) is 0. The molecule has 0 fully saturated rings. The highest BCUT2D eigenvalue weighted by atomic mass is 19.3. The van der Waals surface area contributed by atoms with Crippen molar-refractivity contribution in [2.75, 3.05) is 0 Å². The van der Waals surface area contributed by atoms with Crippen LogP contribution in [0.1, 0.15) is 27.7 Å². The molecular weight excluding hydrogens is 122 g/mol. The van der Waals surface area contributed by atoms with Crippen molar-refractivity contribution >= 4 is 0 Å². The molecule has 0 heterocycles. The third-order valence-corrected chi connectivity index (χ3v) is 1.74. The summed E-state index contributed by atoms with van der Waals surface area (Å²) in [5.41, 5.74) is -0.270. The molecular formula is C7H14F2. The second-order valence-electron chi connectivity index (χ2n) is 3.49. The molecule has 0 amide bonds. The first-order valence-corrected chi connectivity index (χ1v) is 3.14. The van der Waals surface area contributed by atoms with Gasteiger partial charge in [0, 0.05) is 5.92 Å². The van der Waals surface area contributed by atoms with Crippen LogP contribution in [0.25, 0.3) is 0 Å². The van der Waals surface area contributed by atoms with Crippen LogP contribution in [-0.2, 0) is 0 Å². The molecule has 0 saturated carbocycles. The van der Waals surface area contributed by atoms with Crippen LogP contribution in [0.15, 0.2) is 0 Å². The number of rotatable bonds is 1. The van der Waals surface area contributed by atoms with E-state index < -0.39 is 12.3 Å². The summed E-state index contributed by atoms with van der Waals surface area (Å²) in [6.07, 6.45) is -2.19. The van der Waals surface area contributed by atoms with E-state index in [0.29, 0.717) is 0 Å². The second kappa shape index (κ2) is 2.63. The maximum absolute atomic E-state index is 11.9. The largest absolute Gasteiger partial charge is 0.241 e. The Hall–Kier alpha value is -0.140. The zero-order valence-corrected chi connectivity index (χ0v) is 6.41. The number of hydrogen-bond donors (Lipinski definition) is 0. The molecule has 0 N–H and O–H groups in total. The molecule has 0 saturated heterocycles. The number of hydrogen-bond acceptors (Lipinski definition) is 0. The average Bonchev–Trinajstić information content (AvgIpc) is 1.62. The zero-order chi connectivity index (χ0) is 7.65. The highest BCUT2D eigenvalue weighted by molar-refractivity contribution is 4.71. The Kier molecular flexibility index (Phi) is 2.59. The Bertz CT molecular complexity index is 81.4. The lowest BCUT2D eigenvalue weighted by Crippen LogP contribution is -2.23. The standard InChI is InChI=1S/C7H14F2/c1-5(6(8)9)7(2,3)4/h5-6H,1-4H3/t5-/m1/s1. The van der Waals surface area contributed by atoms with E-state index >= 15 is 0 Å². The first-order chi connectivity index (χ1) is 3.85. The predicted molar refractivity (Wildman–Crippen MR) is 34.6 cm³/mol. The van der Waals surface area contributed by atoms with E-state index in [2.05, 4.69) is 0 Å². The molecule has 0 bridgehead atoms. The highest BCUT2D eigenvalue weighted by Gasteiger charge is 2.27. The van der Waals surface area contributed by atoms with Gasteiger partial charge in [0.15, 0.2) is 0 Å². The summed E-state index contributed by atoms with van der Waals surface area (Å²) >= 11 is 0. The predicted octanol–water partition coefficient (Wildman–Crippen LogP) is 2.93. The van der Waals surface area contributed by atoms with E-state index in [9.17, 15) is 8.78 Å². The summed E-state index contributed by atoms with van der Waals surface area (Å²) in [4.78, 5) is 0. The zero-order valence-electron chi connectivity index (χ0n) is 6.41. The summed E-state index contributed by atoms with van der Waals surface area (Å²) in [5, 5.41) is 0.